The van der Waals surface area contributed by atoms with Crippen LogP contribution in [0, 0.1) is 5.82 Å². The molecule has 2 aromatic rings. The number of aliphatic hydroxyl groups excluding tert-OH is 1. The number of halogens is 2. The third-order valence-electron chi connectivity index (χ3n) is 3.27. The van der Waals surface area contributed by atoms with E-state index in [0.717, 1.165) is 5.56 Å². The topological polar surface area (TPSA) is 49.3 Å². The molecule has 0 saturated heterocycles. The van der Waals surface area contributed by atoms with Gasteiger partial charge < -0.3 is 10.4 Å². The summed E-state index contributed by atoms with van der Waals surface area (Å²) in [5.41, 5.74) is 1.51. The van der Waals surface area contributed by atoms with E-state index in [2.05, 4.69) is 5.32 Å². The standard InChI is InChI=1S/C17H17ClFNO2/c18-14-5-1-12(2-6-14)11-17(22)20-10-9-16(21)13-3-7-15(19)8-4-13/h1-8,16,21H,9-11H2,(H,20,22). The van der Waals surface area contributed by atoms with E-state index in [9.17, 15) is 14.3 Å². The van der Waals surface area contributed by atoms with Gasteiger partial charge in [-0.1, -0.05) is 35.9 Å². The number of rotatable bonds is 6. The van der Waals surface area contributed by atoms with Crippen LogP contribution in [-0.2, 0) is 11.2 Å². The molecule has 22 heavy (non-hydrogen) atoms. The van der Waals surface area contributed by atoms with Gasteiger partial charge in [-0.2, -0.15) is 0 Å². The number of benzene rings is 2. The Hall–Kier alpha value is -1.91. The highest BCUT2D eigenvalue weighted by atomic mass is 35.5. The first-order valence-corrected chi connectivity index (χ1v) is 7.37. The van der Waals surface area contributed by atoms with Gasteiger partial charge in [0.05, 0.1) is 12.5 Å². The van der Waals surface area contributed by atoms with Crippen molar-refractivity contribution in [2.45, 2.75) is 18.9 Å². The SMILES string of the molecule is O=C(Cc1ccc(Cl)cc1)NCCC(O)c1ccc(F)cc1. The maximum atomic E-state index is 12.8. The molecule has 0 aliphatic rings. The van der Waals surface area contributed by atoms with Crippen LogP contribution < -0.4 is 5.32 Å². The molecule has 0 aliphatic heterocycles. The van der Waals surface area contributed by atoms with Crippen molar-refractivity contribution in [3.8, 4) is 0 Å². The number of amides is 1. The zero-order valence-corrected chi connectivity index (χ0v) is 12.7. The lowest BCUT2D eigenvalue weighted by Gasteiger charge is -2.11. The Labute approximate surface area is 133 Å². The highest BCUT2D eigenvalue weighted by molar-refractivity contribution is 6.30. The Kier molecular flexibility index (Phi) is 5.92. The first-order valence-electron chi connectivity index (χ1n) is 6.99. The Morgan fingerprint density at radius 2 is 1.77 bits per heavy atom. The summed E-state index contributed by atoms with van der Waals surface area (Å²) in [5, 5.41) is 13.3. The van der Waals surface area contributed by atoms with Gasteiger partial charge in [0.1, 0.15) is 5.82 Å². The van der Waals surface area contributed by atoms with Gasteiger partial charge in [-0.25, -0.2) is 4.39 Å². The van der Waals surface area contributed by atoms with Gasteiger partial charge in [0.2, 0.25) is 5.91 Å². The summed E-state index contributed by atoms with van der Waals surface area (Å²) >= 11 is 5.78. The highest BCUT2D eigenvalue weighted by Gasteiger charge is 2.09. The van der Waals surface area contributed by atoms with E-state index in [0.29, 0.717) is 23.6 Å². The second kappa shape index (κ2) is 7.92. The van der Waals surface area contributed by atoms with E-state index in [1.807, 2.05) is 0 Å². The quantitative estimate of drug-likeness (QED) is 0.858. The molecule has 0 heterocycles. The number of hydrogen-bond acceptors (Lipinski definition) is 2. The van der Waals surface area contributed by atoms with Gasteiger partial charge in [0, 0.05) is 11.6 Å². The van der Waals surface area contributed by atoms with Gasteiger partial charge in [-0.15, -0.1) is 0 Å². The maximum absolute atomic E-state index is 12.8. The highest BCUT2D eigenvalue weighted by Crippen LogP contribution is 2.16. The molecule has 0 radical (unpaired) electrons. The third kappa shape index (κ3) is 5.13. The Morgan fingerprint density at radius 1 is 1.14 bits per heavy atom. The molecular weight excluding hydrogens is 305 g/mol. The van der Waals surface area contributed by atoms with E-state index < -0.39 is 6.10 Å². The first-order chi connectivity index (χ1) is 10.5. The monoisotopic (exact) mass is 321 g/mol. The van der Waals surface area contributed by atoms with E-state index >= 15 is 0 Å². The second-order valence-corrected chi connectivity index (χ2v) is 5.45. The molecule has 0 fully saturated rings. The van der Waals surface area contributed by atoms with Crippen LogP contribution in [0.1, 0.15) is 23.7 Å². The van der Waals surface area contributed by atoms with E-state index in [1.165, 1.54) is 24.3 Å². The molecule has 116 valence electrons. The van der Waals surface area contributed by atoms with Gasteiger partial charge in [0.15, 0.2) is 0 Å². The average molecular weight is 322 g/mol. The molecule has 0 bridgehead atoms. The lowest BCUT2D eigenvalue weighted by atomic mass is 10.1. The molecule has 3 nitrogen and oxygen atoms in total. The van der Waals surface area contributed by atoms with Crippen molar-refractivity contribution in [2.24, 2.45) is 0 Å². The van der Waals surface area contributed by atoms with Crippen molar-refractivity contribution in [3.63, 3.8) is 0 Å². The van der Waals surface area contributed by atoms with Gasteiger partial charge >= 0.3 is 0 Å². The van der Waals surface area contributed by atoms with Gasteiger partial charge in [0.25, 0.3) is 0 Å². The minimum Gasteiger partial charge on any atom is -0.388 e. The number of carbonyl (C=O) groups excluding carboxylic acids is 1. The Morgan fingerprint density at radius 3 is 2.41 bits per heavy atom. The maximum Gasteiger partial charge on any atom is 0.224 e. The lowest BCUT2D eigenvalue weighted by molar-refractivity contribution is -0.120. The zero-order chi connectivity index (χ0) is 15.9. The van der Waals surface area contributed by atoms with Crippen molar-refractivity contribution in [3.05, 3.63) is 70.5 Å². The number of carbonyl (C=O) groups is 1. The van der Waals surface area contributed by atoms with Crippen molar-refractivity contribution < 1.29 is 14.3 Å². The Balaban J connectivity index is 1.74. The molecule has 2 N–H and O–H groups in total. The molecule has 1 atom stereocenters. The third-order valence-corrected chi connectivity index (χ3v) is 3.52. The molecule has 2 aromatic carbocycles. The van der Waals surface area contributed by atoms with Crippen molar-refractivity contribution in [2.75, 3.05) is 6.54 Å². The van der Waals surface area contributed by atoms with Gasteiger partial charge in [-0.05, 0) is 41.8 Å². The number of nitrogens with one attached hydrogen (secondary N) is 1. The van der Waals surface area contributed by atoms with Gasteiger partial charge in [-0.3, -0.25) is 4.79 Å². The molecule has 5 heteroatoms. The minimum atomic E-state index is -0.726. The smallest absolute Gasteiger partial charge is 0.224 e. The van der Waals surface area contributed by atoms with Crippen LogP contribution in [0.3, 0.4) is 0 Å². The summed E-state index contributed by atoms with van der Waals surface area (Å²) < 4.78 is 12.8. The Bertz CT molecular complexity index is 614. The van der Waals surface area contributed by atoms with Crippen LogP contribution in [0.2, 0.25) is 5.02 Å². The lowest BCUT2D eigenvalue weighted by Crippen LogP contribution is -2.27. The van der Waals surface area contributed by atoms with Crippen LogP contribution in [0.15, 0.2) is 48.5 Å². The largest absolute Gasteiger partial charge is 0.388 e. The number of aliphatic hydroxyl groups is 1. The molecule has 0 aromatic heterocycles. The molecular formula is C17H17ClFNO2. The van der Waals surface area contributed by atoms with E-state index in [1.54, 1.807) is 24.3 Å². The van der Waals surface area contributed by atoms with Crippen molar-refractivity contribution >= 4 is 17.5 Å². The zero-order valence-electron chi connectivity index (χ0n) is 11.9. The summed E-state index contributed by atoms with van der Waals surface area (Å²) in [6.07, 6.45) is -0.0848. The normalized spacial score (nSPS) is 12.0. The summed E-state index contributed by atoms with van der Waals surface area (Å²) in [7, 11) is 0. The molecule has 1 amide bonds. The van der Waals surface area contributed by atoms with E-state index in [4.69, 9.17) is 11.6 Å². The molecule has 0 saturated carbocycles. The summed E-state index contributed by atoms with van der Waals surface area (Å²) in [6, 6.07) is 12.8. The first kappa shape index (κ1) is 16.5. The summed E-state index contributed by atoms with van der Waals surface area (Å²) in [5.74, 6) is -0.458. The fraction of sp³-hybridized carbons (Fsp3) is 0.235. The van der Waals surface area contributed by atoms with Crippen molar-refractivity contribution in [1.29, 1.82) is 0 Å². The minimum absolute atomic E-state index is 0.117. The summed E-state index contributed by atoms with van der Waals surface area (Å²) in [4.78, 5) is 11.8. The van der Waals surface area contributed by atoms with Crippen LogP contribution in [-0.4, -0.2) is 17.6 Å². The summed E-state index contributed by atoms with van der Waals surface area (Å²) in [6.45, 7) is 0.352. The van der Waals surface area contributed by atoms with Crippen LogP contribution >= 0.6 is 11.6 Å². The predicted octanol–water partition coefficient (Wildman–Crippen LogP) is 3.26. The molecule has 0 aliphatic carbocycles. The number of hydrogen-bond donors (Lipinski definition) is 2. The van der Waals surface area contributed by atoms with E-state index in [-0.39, 0.29) is 18.1 Å². The average Bonchev–Trinajstić information content (AvgIpc) is 2.50. The van der Waals surface area contributed by atoms with Crippen LogP contribution in [0.4, 0.5) is 4.39 Å². The van der Waals surface area contributed by atoms with Crippen LogP contribution in [0.5, 0.6) is 0 Å². The molecule has 1 unspecified atom stereocenters. The van der Waals surface area contributed by atoms with Crippen molar-refractivity contribution in [1.82, 2.24) is 5.32 Å². The van der Waals surface area contributed by atoms with Crippen LogP contribution in [0.25, 0.3) is 0 Å². The fourth-order valence-corrected chi connectivity index (χ4v) is 2.18. The predicted molar refractivity (Wildman–Crippen MR) is 84.1 cm³/mol. The fourth-order valence-electron chi connectivity index (χ4n) is 2.05. The molecule has 0 spiro atoms. The second-order valence-electron chi connectivity index (χ2n) is 5.01. The molecule has 2 rings (SSSR count).